The minimum atomic E-state index is -3.50. The fourth-order valence-electron chi connectivity index (χ4n) is 3.51. The van der Waals surface area contributed by atoms with Crippen molar-refractivity contribution in [1.82, 2.24) is 5.32 Å². The summed E-state index contributed by atoms with van der Waals surface area (Å²) in [4.78, 5) is 12.2. The average Bonchev–Trinajstić information content (AvgIpc) is 3.22. The lowest BCUT2D eigenvalue weighted by molar-refractivity contribution is -0.121. The number of nitrogens with zero attached hydrogens (tertiary/aromatic N) is 1. The molecule has 3 rings (SSSR count). The van der Waals surface area contributed by atoms with E-state index in [-0.39, 0.29) is 25.7 Å². The number of benzene rings is 2. The number of para-hydroxylation sites is 1. The first-order chi connectivity index (χ1) is 15.4. The molecule has 2 aromatic carbocycles. The second-order valence-corrected chi connectivity index (χ2v) is 9.38. The fraction of sp³-hybridized carbons (Fsp3) is 0.435. The summed E-state index contributed by atoms with van der Waals surface area (Å²) in [6.45, 7) is 3.44. The van der Waals surface area contributed by atoms with Crippen molar-refractivity contribution in [3.63, 3.8) is 0 Å². The summed E-state index contributed by atoms with van der Waals surface area (Å²) < 4.78 is 42.1. The molecule has 9 heteroatoms. The van der Waals surface area contributed by atoms with Gasteiger partial charge in [0.1, 0.15) is 5.75 Å². The Morgan fingerprint density at radius 1 is 1.12 bits per heavy atom. The molecule has 0 bridgehead atoms. The zero-order valence-corrected chi connectivity index (χ0v) is 19.3. The number of hydrogen-bond donors (Lipinski definition) is 1. The molecule has 1 N–H and O–H groups in total. The number of sulfonamides is 1. The van der Waals surface area contributed by atoms with Crippen molar-refractivity contribution in [3.05, 3.63) is 48.0 Å². The molecule has 0 saturated carbocycles. The summed E-state index contributed by atoms with van der Waals surface area (Å²) >= 11 is 0. The number of fused-ring (bicyclic) bond motifs is 1. The molecule has 0 aromatic heterocycles. The highest BCUT2D eigenvalue weighted by molar-refractivity contribution is 7.92. The summed E-state index contributed by atoms with van der Waals surface area (Å²) in [5.74, 6) is 1.89. The third-order valence-corrected chi connectivity index (χ3v) is 6.22. The molecule has 1 amide bonds. The predicted molar refractivity (Wildman–Crippen MR) is 123 cm³/mol. The first-order valence-electron chi connectivity index (χ1n) is 10.7. The van der Waals surface area contributed by atoms with Crippen LogP contribution in [0.3, 0.4) is 0 Å². The first kappa shape index (κ1) is 23.7. The Morgan fingerprint density at radius 3 is 2.69 bits per heavy atom. The smallest absolute Gasteiger partial charge is 0.232 e. The van der Waals surface area contributed by atoms with Gasteiger partial charge >= 0.3 is 0 Å². The van der Waals surface area contributed by atoms with Crippen molar-refractivity contribution < 1.29 is 27.4 Å². The standard InChI is InChI=1S/C23H30N2O6S/c1-3-29-20-10-5-4-8-18(20)9-6-14-24-23(26)11-7-15-25(32(2,27)28)19-12-13-21-22(16-19)31-17-30-21/h4-5,8,10,12-13,16H,3,6-7,9,11,14-15,17H2,1-2H3,(H,24,26). The Bertz CT molecular complexity index is 1020. The van der Waals surface area contributed by atoms with Gasteiger partial charge in [0.2, 0.25) is 22.7 Å². The molecular formula is C23H30N2O6S. The second kappa shape index (κ2) is 11.1. The number of rotatable bonds is 12. The molecular weight excluding hydrogens is 432 g/mol. The molecule has 1 heterocycles. The normalized spacial score (nSPS) is 12.4. The summed E-state index contributed by atoms with van der Waals surface area (Å²) in [6.07, 6.45) is 3.40. The summed E-state index contributed by atoms with van der Waals surface area (Å²) in [5.41, 5.74) is 1.61. The Labute approximate surface area is 189 Å². The van der Waals surface area contributed by atoms with E-state index in [1.165, 1.54) is 4.31 Å². The van der Waals surface area contributed by atoms with Gasteiger partial charge in [-0.1, -0.05) is 18.2 Å². The maximum atomic E-state index is 12.3. The van der Waals surface area contributed by atoms with Crippen molar-refractivity contribution in [3.8, 4) is 17.2 Å². The van der Waals surface area contributed by atoms with Crippen molar-refractivity contribution in [2.45, 2.75) is 32.6 Å². The lowest BCUT2D eigenvalue weighted by Gasteiger charge is -2.22. The summed E-state index contributed by atoms with van der Waals surface area (Å²) in [5, 5.41) is 2.91. The van der Waals surface area contributed by atoms with E-state index < -0.39 is 10.0 Å². The maximum absolute atomic E-state index is 12.3. The van der Waals surface area contributed by atoms with E-state index in [1.54, 1.807) is 18.2 Å². The SMILES string of the molecule is CCOc1ccccc1CCCNC(=O)CCCN(c1ccc2c(c1)OCO2)S(C)(=O)=O. The molecule has 8 nitrogen and oxygen atoms in total. The minimum absolute atomic E-state index is 0.0952. The van der Waals surface area contributed by atoms with E-state index in [9.17, 15) is 13.2 Å². The Hall–Kier alpha value is -2.94. The van der Waals surface area contributed by atoms with Crippen LogP contribution in [0.1, 0.15) is 31.7 Å². The highest BCUT2D eigenvalue weighted by atomic mass is 32.2. The molecule has 0 aliphatic carbocycles. The Kier molecular flexibility index (Phi) is 8.21. The zero-order valence-electron chi connectivity index (χ0n) is 18.5. The highest BCUT2D eigenvalue weighted by Gasteiger charge is 2.21. The van der Waals surface area contributed by atoms with Crippen LogP contribution in [-0.2, 0) is 21.2 Å². The van der Waals surface area contributed by atoms with Crippen LogP contribution in [0.4, 0.5) is 5.69 Å². The third kappa shape index (κ3) is 6.53. The highest BCUT2D eigenvalue weighted by Crippen LogP contribution is 2.36. The number of carbonyl (C=O) groups excluding carboxylic acids is 1. The van der Waals surface area contributed by atoms with Gasteiger partial charge in [0.05, 0.1) is 18.6 Å². The Balaban J connectivity index is 1.44. The van der Waals surface area contributed by atoms with Crippen molar-refractivity contribution >= 4 is 21.6 Å². The van der Waals surface area contributed by atoms with E-state index in [1.807, 2.05) is 31.2 Å². The van der Waals surface area contributed by atoms with Gasteiger partial charge in [0, 0.05) is 25.6 Å². The number of anilines is 1. The van der Waals surface area contributed by atoms with Crippen molar-refractivity contribution in [1.29, 1.82) is 0 Å². The molecule has 0 spiro atoms. The van der Waals surface area contributed by atoms with Crippen LogP contribution in [0.5, 0.6) is 17.2 Å². The quantitative estimate of drug-likeness (QED) is 0.487. The number of amides is 1. The van der Waals surface area contributed by atoms with Gasteiger partial charge in [-0.2, -0.15) is 0 Å². The number of nitrogens with one attached hydrogen (secondary N) is 1. The maximum Gasteiger partial charge on any atom is 0.232 e. The van der Waals surface area contributed by atoms with Gasteiger partial charge in [-0.25, -0.2) is 8.42 Å². The van der Waals surface area contributed by atoms with Gasteiger partial charge in [0.15, 0.2) is 11.5 Å². The molecule has 0 atom stereocenters. The van der Waals surface area contributed by atoms with Gasteiger partial charge in [-0.3, -0.25) is 9.10 Å². The van der Waals surface area contributed by atoms with E-state index in [0.29, 0.717) is 36.8 Å². The molecule has 0 fully saturated rings. The first-order valence-corrected chi connectivity index (χ1v) is 12.6. The lowest BCUT2D eigenvalue weighted by atomic mass is 10.1. The van der Waals surface area contributed by atoms with Gasteiger partial charge in [-0.05, 0) is 49.9 Å². The minimum Gasteiger partial charge on any atom is -0.494 e. The molecule has 1 aliphatic rings. The van der Waals surface area contributed by atoms with Crippen LogP contribution in [0.25, 0.3) is 0 Å². The van der Waals surface area contributed by atoms with Crippen LogP contribution in [0.2, 0.25) is 0 Å². The topological polar surface area (TPSA) is 94.2 Å². The number of aryl methyl sites for hydroxylation is 1. The van der Waals surface area contributed by atoms with Gasteiger partial charge in [0.25, 0.3) is 0 Å². The lowest BCUT2D eigenvalue weighted by Crippen LogP contribution is -2.32. The Morgan fingerprint density at radius 2 is 1.91 bits per heavy atom. The molecule has 0 radical (unpaired) electrons. The predicted octanol–water partition coefficient (Wildman–Crippen LogP) is 3.11. The molecule has 0 saturated heterocycles. The van der Waals surface area contributed by atoms with Crippen LogP contribution >= 0.6 is 0 Å². The number of carbonyl (C=O) groups is 1. The molecule has 2 aromatic rings. The average molecular weight is 463 g/mol. The fourth-order valence-corrected chi connectivity index (χ4v) is 4.47. The van der Waals surface area contributed by atoms with Crippen molar-refractivity contribution in [2.24, 2.45) is 0 Å². The van der Waals surface area contributed by atoms with E-state index >= 15 is 0 Å². The van der Waals surface area contributed by atoms with Crippen molar-refractivity contribution in [2.75, 3.05) is 37.1 Å². The monoisotopic (exact) mass is 462 g/mol. The van der Waals surface area contributed by atoms with Crippen LogP contribution < -0.4 is 23.8 Å². The van der Waals surface area contributed by atoms with Gasteiger partial charge in [-0.15, -0.1) is 0 Å². The van der Waals surface area contributed by atoms with Crippen LogP contribution in [0, 0.1) is 0 Å². The summed E-state index contributed by atoms with van der Waals surface area (Å²) in [6, 6.07) is 12.9. The third-order valence-electron chi connectivity index (χ3n) is 5.03. The largest absolute Gasteiger partial charge is 0.494 e. The number of hydrogen-bond acceptors (Lipinski definition) is 6. The van der Waals surface area contributed by atoms with E-state index in [2.05, 4.69) is 5.32 Å². The molecule has 0 unspecified atom stereocenters. The van der Waals surface area contributed by atoms with Crippen LogP contribution in [0.15, 0.2) is 42.5 Å². The van der Waals surface area contributed by atoms with Gasteiger partial charge < -0.3 is 19.5 Å². The molecule has 174 valence electrons. The molecule has 32 heavy (non-hydrogen) atoms. The van der Waals surface area contributed by atoms with Crippen LogP contribution in [-0.4, -0.2) is 47.1 Å². The van der Waals surface area contributed by atoms with E-state index in [4.69, 9.17) is 14.2 Å². The zero-order chi connectivity index (χ0) is 23.0. The number of ether oxygens (including phenoxy) is 3. The second-order valence-electron chi connectivity index (χ2n) is 7.47. The van der Waals surface area contributed by atoms with E-state index in [0.717, 1.165) is 30.4 Å². The molecule has 1 aliphatic heterocycles. The summed E-state index contributed by atoms with van der Waals surface area (Å²) in [7, 11) is -3.50.